The summed E-state index contributed by atoms with van der Waals surface area (Å²) >= 11 is 0. The molecule has 1 heterocycles. The summed E-state index contributed by atoms with van der Waals surface area (Å²) in [6, 6.07) is 9.45. The molecule has 0 aliphatic heterocycles. The zero-order valence-electron chi connectivity index (χ0n) is 9.48. The summed E-state index contributed by atoms with van der Waals surface area (Å²) < 4.78 is 18.3. The molecule has 1 aromatic carbocycles. The minimum Gasteiger partial charge on any atom is -0.457 e. The minimum atomic E-state index is -0.277. The van der Waals surface area contributed by atoms with Crippen LogP contribution in [0.15, 0.2) is 42.6 Å². The summed E-state index contributed by atoms with van der Waals surface area (Å²) in [6.45, 7) is 2.79. The number of benzene rings is 1. The van der Waals surface area contributed by atoms with Gasteiger partial charge in [0, 0.05) is 18.8 Å². The number of anilines is 1. The van der Waals surface area contributed by atoms with Crippen LogP contribution in [0.25, 0.3) is 0 Å². The fraction of sp³-hybridized carbons (Fsp3) is 0.154. The number of aromatic nitrogens is 1. The molecule has 0 bridgehead atoms. The van der Waals surface area contributed by atoms with Gasteiger partial charge in [0.2, 0.25) is 0 Å². The maximum Gasteiger partial charge on any atom is 0.132 e. The molecule has 0 spiro atoms. The maximum absolute atomic E-state index is 12.7. The van der Waals surface area contributed by atoms with Crippen molar-refractivity contribution in [3.8, 4) is 11.5 Å². The van der Waals surface area contributed by atoms with Crippen molar-refractivity contribution in [3.63, 3.8) is 0 Å². The Balaban J connectivity index is 2.12. The van der Waals surface area contributed by atoms with Gasteiger partial charge >= 0.3 is 0 Å². The van der Waals surface area contributed by atoms with Crippen molar-refractivity contribution in [3.05, 3.63) is 48.4 Å². The Labute approximate surface area is 99.3 Å². The largest absolute Gasteiger partial charge is 0.457 e. The molecule has 1 N–H and O–H groups in total. The van der Waals surface area contributed by atoms with Crippen molar-refractivity contribution in [2.45, 2.75) is 6.92 Å². The average Bonchev–Trinajstić information content (AvgIpc) is 2.33. The highest BCUT2D eigenvalue weighted by Gasteiger charge is 1.99. The molecule has 0 fully saturated rings. The molecule has 2 aromatic rings. The van der Waals surface area contributed by atoms with Crippen LogP contribution in [0.5, 0.6) is 11.5 Å². The lowest BCUT2D eigenvalue weighted by Gasteiger charge is -2.07. The first-order chi connectivity index (χ1) is 8.28. The number of pyridine rings is 1. The first-order valence-electron chi connectivity index (χ1n) is 5.41. The van der Waals surface area contributed by atoms with Crippen molar-refractivity contribution in [2.24, 2.45) is 0 Å². The van der Waals surface area contributed by atoms with E-state index < -0.39 is 0 Å². The van der Waals surface area contributed by atoms with Crippen molar-refractivity contribution < 1.29 is 9.13 Å². The molecule has 0 aliphatic carbocycles. The summed E-state index contributed by atoms with van der Waals surface area (Å²) in [5.41, 5.74) is 0. The molecule has 1 aromatic heterocycles. The van der Waals surface area contributed by atoms with Gasteiger partial charge < -0.3 is 10.1 Å². The smallest absolute Gasteiger partial charge is 0.132 e. The molecular weight excluding hydrogens is 219 g/mol. The van der Waals surface area contributed by atoms with E-state index >= 15 is 0 Å². The Morgan fingerprint density at radius 1 is 1.18 bits per heavy atom. The second-order valence-electron chi connectivity index (χ2n) is 3.46. The molecule has 17 heavy (non-hydrogen) atoms. The second-order valence-corrected chi connectivity index (χ2v) is 3.46. The maximum atomic E-state index is 12.7. The number of hydrogen-bond acceptors (Lipinski definition) is 3. The fourth-order valence-corrected chi connectivity index (χ4v) is 1.39. The van der Waals surface area contributed by atoms with E-state index in [1.807, 2.05) is 6.92 Å². The van der Waals surface area contributed by atoms with Gasteiger partial charge in [0.05, 0.1) is 0 Å². The lowest BCUT2D eigenvalue weighted by Crippen LogP contribution is -1.98. The zero-order valence-corrected chi connectivity index (χ0v) is 9.48. The molecule has 4 heteroatoms. The summed E-state index contributed by atoms with van der Waals surface area (Å²) in [4.78, 5) is 4.13. The molecule has 2 rings (SSSR count). The Bertz CT molecular complexity index is 485. The van der Waals surface area contributed by atoms with Gasteiger partial charge in [-0.15, -0.1) is 0 Å². The predicted octanol–water partition coefficient (Wildman–Crippen LogP) is 3.44. The summed E-state index contributed by atoms with van der Waals surface area (Å²) in [7, 11) is 0. The summed E-state index contributed by atoms with van der Waals surface area (Å²) in [5.74, 6) is 1.75. The monoisotopic (exact) mass is 232 g/mol. The highest BCUT2D eigenvalue weighted by molar-refractivity contribution is 5.42. The standard InChI is InChI=1S/C13H13FN2O/c1-2-15-13-9-12(7-8-16-13)17-11-5-3-10(14)4-6-11/h3-9H,2H2,1H3,(H,15,16). The number of rotatable bonds is 4. The molecule has 0 amide bonds. The Morgan fingerprint density at radius 3 is 2.65 bits per heavy atom. The molecule has 0 saturated heterocycles. The van der Waals surface area contributed by atoms with Crippen molar-refractivity contribution in [1.82, 2.24) is 4.98 Å². The lowest BCUT2D eigenvalue weighted by atomic mass is 10.3. The van der Waals surface area contributed by atoms with E-state index in [0.717, 1.165) is 12.4 Å². The molecule has 88 valence electrons. The zero-order chi connectivity index (χ0) is 12.1. The SMILES string of the molecule is CCNc1cc(Oc2ccc(F)cc2)ccn1. The van der Waals surface area contributed by atoms with E-state index in [1.165, 1.54) is 12.1 Å². The lowest BCUT2D eigenvalue weighted by molar-refractivity contribution is 0.480. The Morgan fingerprint density at radius 2 is 1.94 bits per heavy atom. The third kappa shape index (κ3) is 3.17. The normalized spacial score (nSPS) is 10.0. The van der Waals surface area contributed by atoms with Gasteiger partial charge in [0.25, 0.3) is 0 Å². The van der Waals surface area contributed by atoms with E-state index in [2.05, 4.69) is 10.3 Å². The van der Waals surface area contributed by atoms with Crippen LogP contribution in [-0.2, 0) is 0 Å². The number of nitrogens with zero attached hydrogens (tertiary/aromatic N) is 1. The second kappa shape index (κ2) is 5.30. The van der Waals surface area contributed by atoms with Crippen molar-refractivity contribution >= 4 is 5.82 Å². The van der Waals surface area contributed by atoms with Crippen molar-refractivity contribution in [2.75, 3.05) is 11.9 Å². The van der Waals surface area contributed by atoms with Crippen LogP contribution in [0.2, 0.25) is 0 Å². The van der Waals surface area contributed by atoms with Crippen LogP contribution in [0.1, 0.15) is 6.92 Å². The van der Waals surface area contributed by atoms with Crippen LogP contribution in [0, 0.1) is 5.82 Å². The van der Waals surface area contributed by atoms with Crippen LogP contribution < -0.4 is 10.1 Å². The number of halogens is 1. The van der Waals surface area contributed by atoms with E-state index in [0.29, 0.717) is 11.5 Å². The van der Waals surface area contributed by atoms with E-state index in [1.54, 1.807) is 30.5 Å². The van der Waals surface area contributed by atoms with Gasteiger partial charge in [-0.1, -0.05) is 0 Å². The van der Waals surface area contributed by atoms with E-state index in [-0.39, 0.29) is 5.82 Å². The molecular formula is C13H13FN2O. The fourth-order valence-electron chi connectivity index (χ4n) is 1.39. The van der Waals surface area contributed by atoms with E-state index in [4.69, 9.17) is 4.74 Å². The first-order valence-corrected chi connectivity index (χ1v) is 5.41. The molecule has 0 saturated carbocycles. The Hall–Kier alpha value is -2.10. The third-order valence-corrected chi connectivity index (χ3v) is 2.14. The van der Waals surface area contributed by atoms with Crippen LogP contribution >= 0.6 is 0 Å². The molecule has 0 radical (unpaired) electrons. The minimum absolute atomic E-state index is 0.277. The first kappa shape index (κ1) is 11.4. The molecule has 3 nitrogen and oxygen atoms in total. The van der Waals surface area contributed by atoms with Crippen LogP contribution in [0.4, 0.5) is 10.2 Å². The van der Waals surface area contributed by atoms with Gasteiger partial charge in [-0.2, -0.15) is 0 Å². The van der Waals surface area contributed by atoms with E-state index in [9.17, 15) is 4.39 Å². The van der Waals surface area contributed by atoms with Gasteiger partial charge in [-0.05, 0) is 37.3 Å². The van der Waals surface area contributed by atoms with Gasteiger partial charge in [0.15, 0.2) is 0 Å². The average molecular weight is 232 g/mol. The number of ether oxygens (including phenoxy) is 1. The van der Waals surface area contributed by atoms with Gasteiger partial charge in [0.1, 0.15) is 23.1 Å². The van der Waals surface area contributed by atoms with Crippen LogP contribution in [-0.4, -0.2) is 11.5 Å². The number of nitrogens with one attached hydrogen (secondary N) is 1. The summed E-state index contributed by atoms with van der Waals surface area (Å²) in [5, 5.41) is 3.09. The number of hydrogen-bond donors (Lipinski definition) is 1. The predicted molar refractivity (Wildman–Crippen MR) is 64.9 cm³/mol. The Kier molecular flexibility index (Phi) is 3.55. The molecule has 0 unspecified atom stereocenters. The quantitative estimate of drug-likeness (QED) is 0.876. The third-order valence-electron chi connectivity index (χ3n) is 2.14. The van der Waals surface area contributed by atoms with Gasteiger partial charge in [-0.3, -0.25) is 0 Å². The molecule has 0 aliphatic rings. The topological polar surface area (TPSA) is 34.1 Å². The summed E-state index contributed by atoms with van der Waals surface area (Å²) in [6.07, 6.45) is 1.66. The highest BCUT2D eigenvalue weighted by atomic mass is 19.1. The van der Waals surface area contributed by atoms with Gasteiger partial charge in [-0.25, -0.2) is 9.37 Å². The van der Waals surface area contributed by atoms with Crippen LogP contribution in [0.3, 0.4) is 0 Å². The highest BCUT2D eigenvalue weighted by Crippen LogP contribution is 2.22. The molecule has 0 atom stereocenters. The van der Waals surface area contributed by atoms with Crippen molar-refractivity contribution in [1.29, 1.82) is 0 Å².